The molecule has 0 aliphatic rings. The molecule has 0 spiro atoms. The van der Waals surface area contributed by atoms with Crippen LogP contribution in [-0.2, 0) is 6.54 Å². The maximum Gasteiger partial charge on any atom is 0.226 e. The van der Waals surface area contributed by atoms with Crippen LogP contribution < -0.4 is 26.3 Å². The van der Waals surface area contributed by atoms with Crippen LogP contribution in [0.1, 0.15) is 5.56 Å². The fourth-order valence-electron chi connectivity index (χ4n) is 2.05. The molecule has 0 bridgehead atoms. The van der Waals surface area contributed by atoms with Gasteiger partial charge in [0.15, 0.2) is 6.54 Å². The molecule has 0 atom stereocenters. The molecule has 1 aromatic heterocycles. The van der Waals surface area contributed by atoms with Gasteiger partial charge >= 0.3 is 0 Å². The Balaban J connectivity index is 0.00000147. The fraction of sp³-hybridized carbons (Fsp3) is 0.133. The number of hydrogen-bond acceptors (Lipinski definition) is 2. The average Bonchev–Trinajstić information content (AvgIpc) is 2.82. The number of halogens is 2. The lowest BCUT2D eigenvalue weighted by Crippen LogP contribution is -3.00. The molecule has 0 saturated heterocycles. The normalized spacial score (nSPS) is 10.3. The van der Waals surface area contributed by atoms with E-state index in [1.165, 1.54) is 15.8 Å². The van der Waals surface area contributed by atoms with Crippen LogP contribution in [0.15, 0.2) is 48.0 Å². The molecule has 0 N–H and O–H groups in total. The number of fused-ring (bicyclic) bond motifs is 1. The number of nitrogens with zero attached hydrogens (tertiary/aromatic N) is 1. The number of rotatable bonds is 3. The summed E-state index contributed by atoms with van der Waals surface area (Å²) in [6, 6.07) is 14.2. The van der Waals surface area contributed by atoms with Crippen molar-refractivity contribution >= 4 is 33.2 Å². The third kappa shape index (κ3) is 3.14. The summed E-state index contributed by atoms with van der Waals surface area (Å²) < 4.78 is 8.61. The zero-order valence-electron chi connectivity index (χ0n) is 10.8. The van der Waals surface area contributed by atoms with E-state index >= 15 is 0 Å². The van der Waals surface area contributed by atoms with Gasteiger partial charge in [0.05, 0.1) is 7.11 Å². The molecule has 0 unspecified atom stereocenters. The predicted molar refractivity (Wildman–Crippen MR) is 79.1 cm³/mol. The van der Waals surface area contributed by atoms with Crippen molar-refractivity contribution in [1.29, 1.82) is 0 Å². The Hall–Kier alpha value is -1.10. The second-order valence-corrected chi connectivity index (χ2v) is 5.63. The van der Waals surface area contributed by atoms with Crippen LogP contribution in [0.4, 0.5) is 0 Å². The minimum Gasteiger partial charge on any atom is -1.00 e. The maximum atomic E-state index is 6.01. The van der Waals surface area contributed by atoms with E-state index in [9.17, 15) is 0 Å². The lowest BCUT2D eigenvalue weighted by molar-refractivity contribution is -0.658. The van der Waals surface area contributed by atoms with Gasteiger partial charge in [0.1, 0.15) is 10.4 Å². The van der Waals surface area contributed by atoms with Gasteiger partial charge in [-0.1, -0.05) is 22.9 Å². The summed E-state index contributed by atoms with van der Waals surface area (Å²) in [5.41, 5.74) is 4.59. The van der Waals surface area contributed by atoms with E-state index < -0.39 is 0 Å². The summed E-state index contributed by atoms with van der Waals surface area (Å²) in [5.74, 6) is 0.885. The maximum absolute atomic E-state index is 6.01. The second kappa shape index (κ2) is 6.57. The third-order valence-electron chi connectivity index (χ3n) is 3.05. The van der Waals surface area contributed by atoms with Crippen molar-refractivity contribution in [3.05, 3.63) is 58.6 Å². The summed E-state index contributed by atoms with van der Waals surface area (Å²) in [4.78, 5) is 0. The quantitative estimate of drug-likeness (QED) is 0.625. The van der Waals surface area contributed by atoms with E-state index in [1.54, 1.807) is 18.4 Å². The number of benzene rings is 2. The minimum atomic E-state index is 0. The number of aromatic nitrogens is 1. The van der Waals surface area contributed by atoms with Crippen LogP contribution in [0.2, 0.25) is 5.02 Å². The van der Waals surface area contributed by atoms with Crippen molar-refractivity contribution < 1.29 is 26.3 Å². The molecule has 104 valence electrons. The van der Waals surface area contributed by atoms with Gasteiger partial charge < -0.3 is 21.7 Å². The van der Waals surface area contributed by atoms with E-state index in [0.29, 0.717) is 0 Å². The molecule has 0 aliphatic carbocycles. The number of hydrogen-bond donors (Lipinski definition) is 0. The van der Waals surface area contributed by atoms with Gasteiger partial charge in [-0.15, -0.1) is 0 Å². The zero-order chi connectivity index (χ0) is 13.2. The van der Waals surface area contributed by atoms with Crippen molar-refractivity contribution in [3.8, 4) is 5.75 Å². The minimum absolute atomic E-state index is 0. The standard InChI is InChI=1S/C15H13ClNOS.BrH/c1-18-13-5-2-11(3-6-13)9-17-10-19-15-8-12(16)4-7-14(15)17;/h2-8,10H,9H2,1H3;1H/q+1;/p-1. The van der Waals surface area contributed by atoms with Gasteiger partial charge in [0.2, 0.25) is 11.0 Å². The van der Waals surface area contributed by atoms with Crippen LogP contribution in [0.25, 0.3) is 10.2 Å². The smallest absolute Gasteiger partial charge is 0.226 e. The van der Waals surface area contributed by atoms with Gasteiger partial charge in [-0.2, -0.15) is 4.57 Å². The summed E-state index contributed by atoms with van der Waals surface area (Å²) in [5, 5.41) is 0.783. The lowest BCUT2D eigenvalue weighted by Gasteiger charge is -2.00. The van der Waals surface area contributed by atoms with E-state index in [2.05, 4.69) is 28.3 Å². The molecule has 0 radical (unpaired) electrons. The highest BCUT2D eigenvalue weighted by atomic mass is 79.9. The highest BCUT2D eigenvalue weighted by molar-refractivity contribution is 7.16. The molecular formula is C15H13BrClNOS. The molecule has 0 aliphatic heterocycles. The van der Waals surface area contributed by atoms with Crippen LogP contribution in [0.3, 0.4) is 0 Å². The highest BCUT2D eigenvalue weighted by Gasteiger charge is 2.12. The SMILES string of the molecule is COc1ccc(C[n+]2csc3cc(Cl)ccc32)cc1.[Br-]. The van der Waals surface area contributed by atoms with Crippen molar-refractivity contribution in [2.75, 3.05) is 7.11 Å². The lowest BCUT2D eigenvalue weighted by atomic mass is 10.2. The summed E-state index contributed by atoms with van der Waals surface area (Å²) in [7, 11) is 1.68. The van der Waals surface area contributed by atoms with Crippen LogP contribution in [-0.4, -0.2) is 7.11 Å². The Morgan fingerprint density at radius 1 is 1.15 bits per heavy atom. The molecule has 0 amide bonds. The van der Waals surface area contributed by atoms with E-state index in [4.69, 9.17) is 16.3 Å². The molecule has 20 heavy (non-hydrogen) atoms. The Labute approximate surface area is 137 Å². The van der Waals surface area contributed by atoms with E-state index in [1.807, 2.05) is 24.3 Å². The van der Waals surface area contributed by atoms with Crippen molar-refractivity contribution in [2.45, 2.75) is 6.54 Å². The second-order valence-electron chi connectivity index (χ2n) is 4.31. The monoisotopic (exact) mass is 369 g/mol. The first kappa shape index (κ1) is 15.3. The molecule has 5 heteroatoms. The van der Waals surface area contributed by atoms with Gasteiger partial charge in [-0.05, 0) is 36.4 Å². The topological polar surface area (TPSA) is 13.1 Å². The Morgan fingerprint density at radius 2 is 1.90 bits per heavy atom. The molecule has 0 saturated carbocycles. The van der Waals surface area contributed by atoms with Gasteiger partial charge in [0, 0.05) is 16.7 Å². The van der Waals surface area contributed by atoms with E-state index in [-0.39, 0.29) is 17.0 Å². The highest BCUT2D eigenvalue weighted by Crippen LogP contribution is 2.21. The fourth-order valence-corrected chi connectivity index (χ4v) is 3.21. The predicted octanol–water partition coefficient (Wildman–Crippen LogP) is 0.903. The summed E-state index contributed by atoms with van der Waals surface area (Å²) in [6.07, 6.45) is 0. The molecule has 1 heterocycles. The Bertz CT molecular complexity index is 711. The first-order valence-corrected chi connectivity index (χ1v) is 7.21. The van der Waals surface area contributed by atoms with Crippen LogP contribution >= 0.6 is 22.9 Å². The summed E-state index contributed by atoms with van der Waals surface area (Å²) in [6.45, 7) is 0.853. The van der Waals surface area contributed by atoms with Crippen molar-refractivity contribution in [3.63, 3.8) is 0 Å². The number of ether oxygens (including phenoxy) is 1. The molecule has 0 fully saturated rings. The molecule has 2 nitrogen and oxygen atoms in total. The first-order valence-electron chi connectivity index (χ1n) is 5.95. The molecule has 3 rings (SSSR count). The summed E-state index contributed by atoms with van der Waals surface area (Å²) >= 11 is 7.71. The van der Waals surface area contributed by atoms with Crippen LogP contribution in [0.5, 0.6) is 5.75 Å². The van der Waals surface area contributed by atoms with Gasteiger partial charge in [0.25, 0.3) is 0 Å². The number of methoxy groups -OCH3 is 1. The average molecular weight is 371 g/mol. The van der Waals surface area contributed by atoms with Gasteiger partial charge in [-0.3, -0.25) is 0 Å². The van der Waals surface area contributed by atoms with E-state index in [0.717, 1.165) is 17.3 Å². The third-order valence-corrected chi connectivity index (χ3v) is 4.23. The first-order chi connectivity index (χ1) is 9.26. The van der Waals surface area contributed by atoms with Crippen molar-refractivity contribution in [2.24, 2.45) is 0 Å². The number of thiazole rings is 1. The van der Waals surface area contributed by atoms with Crippen LogP contribution in [0, 0.1) is 0 Å². The van der Waals surface area contributed by atoms with Crippen molar-refractivity contribution in [1.82, 2.24) is 0 Å². The largest absolute Gasteiger partial charge is 1.00 e. The molecular weight excluding hydrogens is 358 g/mol. The zero-order valence-corrected chi connectivity index (χ0v) is 14.0. The Morgan fingerprint density at radius 3 is 2.60 bits per heavy atom. The van der Waals surface area contributed by atoms with Gasteiger partial charge in [-0.25, -0.2) is 0 Å². The molecule has 3 aromatic rings. The Kier molecular flexibility index (Phi) is 5.02. The molecule has 2 aromatic carbocycles.